The molecule has 3 heteroatoms. The van der Waals surface area contributed by atoms with Gasteiger partial charge in [0.2, 0.25) is 0 Å². The first-order chi connectivity index (χ1) is 8.31. The molecule has 1 aliphatic heterocycles. The highest BCUT2D eigenvalue weighted by Crippen LogP contribution is 2.17. The summed E-state index contributed by atoms with van der Waals surface area (Å²) in [5, 5.41) is 0. The zero-order valence-electron chi connectivity index (χ0n) is 10.3. The van der Waals surface area contributed by atoms with E-state index in [1.807, 2.05) is 29.2 Å². The number of rotatable bonds is 2. The van der Waals surface area contributed by atoms with E-state index in [0.717, 1.165) is 37.2 Å². The van der Waals surface area contributed by atoms with Crippen molar-refractivity contribution in [2.24, 2.45) is 0 Å². The van der Waals surface area contributed by atoms with Crippen molar-refractivity contribution < 1.29 is 9.53 Å². The van der Waals surface area contributed by atoms with Gasteiger partial charge in [-0.15, -0.1) is 0 Å². The Kier molecular flexibility index (Phi) is 4.02. The molecule has 1 aromatic carbocycles. The summed E-state index contributed by atoms with van der Waals surface area (Å²) in [6.45, 7) is 1.77. The maximum absolute atomic E-state index is 12.3. The van der Waals surface area contributed by atoms with Crippen LogP contribution >= 0.6 is 0 Å². The van der Waals surface area contributed by atoms with Gasteiger partial charge in [0.25, 0.3) is 5.91 Å². The van der Waals surface area contributed by atoms with E-state index >= 15 is 0 Å². The number of nitrogens with zero attached hydrogens (tertiary/aromatic N) is 1. The Morgan fingerprint density at radius 2 is 1.88 bits per heavy atom. The first-order valence-corrected chi connectivity index (χ1v) is 6.24. The number of benzene rings is 1. The van der Waals surface area contributed by atoms with Crippen LogP contribution in [0.15, 0.2) is 24.3 Å². The lowest BCUT2D eigenvalue weighted by molar-refractivity contribution is 0.0761. The van der Waals surface area contributed by atoms with Crippen LogP contribution in [0.2, 0.25) is 0 Å². The molecule has 0 spiro atoms. The maximum atomic E-state index is 12.3. The standard InChI is InChI=1S/C14H19NO2/c1-17-13-8-6-7-12(11-13)14(16)15-9-4-2-3-5-10-15/h6-8,11H,2-5,9-10H2,1H3. The molecular weight excluding hydrogens is 214 g/mol. The Morgan fingerprint density at radius 1 is 1.18 bits per heavy atom. The van der Waals surface area contributed by atoms with Gasteiger partial charge in [0.1, 0.15) is 5.75 Å². The predicted octanol–water partition coefficient (Wildman–Crippen LogP) is 2.71. The summed E-state index contributed by atoms with van der Waals surface area (Å²) >= 11 is 0. The molecule has 0 atom stereocenters. The lowest BCUT2D eigenvalue weighted by Gasteiger charge is -2.20. The highest BCUT2D eigenvalue weighted by Gasteiger charge is 2.17. The molecule has 1 aliphatic rings. The van der Waals surface area contributed by atoms with Gasteiger partial charge in [0, 0.05) is 18.7 Å². The molecule has 1 heterocycles. The quantitative estimate of drug-likeness (QED) is 0.786. The van der Waals surface area contributed by atoms with Gasteiger partial charge in [0.05, 0.1) is 7.11 Å². The summed E-state index contributed by atoms with van der Waals surface area (Å²) in [5.41, 5.74) is 0.728. The van der Waals surface area contributed by atoms with E-state index < -0.39 is 0 Å². The topological polar surface area (TPSA) is 29.5 Å². The molecule has 1 amide bonds. The molecule has 0 saturated carbocycles. The van der Waals surface area contributed by atoms with E-state index in [0.29, 0.717) is 0 Å². The first kappa shape index (κ1) is 12.0. The van der Waals surface area contributed by atoms with Gasteiger partial charge in [0.15, 0.2) is 0 Å². The molecule has 92 valence electrons. The van der Waals surface area contributed by atoms with Crippen molar-refractivity contribution in [2.75, 3.05) is 20.2 Å². The fourth-order valence-electron chi connectivity index (χ4n) is 2.21. The van der Waals surface area contributed by atoms with Crippen molar-refractivity contribution in [1.29, 1.82) is 0 Å². The van der Waals surface area contributed by atoms with Crippen LogP contribution in [0.3, 0.4) is 0 Å². The molecule has 0 aromatic heterocycles. The van der Waals surface area contributed by atoms with E-state index in [9.17, 15) is 4.79 Å². The van der Waals surface area contributed by atoms with Gasteiger partial charge in [-0.05, 0) is 31.0 Å². The van der Waals surface area contributed by atoms with Crippen molar-refractivity contribution >= 4 is 5.91 Å². The van der Waals surface area contributed by atoms with E-state index in [2.05, 4.69) is 0 Å². The Hall–Kier alpha value is -1.51. The van der Waals surface area contributed by atoms with Crippen LogP contribution in [0.25, 0.3) is 0 Å². The third-order valence-corrected chi connectivity index (χ3v) is 3.21. The van der Waals surface area contributed by atoms with Gasteiger partial charge in [-0.1, -0.05) is 18.9 Å². The van der Waals surface area contributed by atoms with Gasteiger partial charge in [-0.25, -0.2) is 0 Å². The molecule has 1 saturated heterocycles. The molecule has 17 heavy (non-hydrogen) atoms. The van der Waals surface area contributed by atoms with Crippen molar-refractivity contribution in [3.63, 3.8) is 0 Å². The van der Waals surface area contributed by atoms with Crippen LogP contribution in [0, 0.1) is 0 Å². The second-order valence-corrected chi connectivity index (χ2v) is 4.44. The molecule has 0 radical (unpaired) electrons. The summed E-state index contributed by atoms with van der Waals surface area (Å²) < 4.78 is 5.15. The highest BCUT2D eigenvalue weighted by atomic mass is 16.5. The molecule has 1 fully saturated rings. The molecule has 0 bridgehead atoms. The van der Waals surface area contributed by atoms with Crippen molar-refractivity contribution in [3.8, 4) is 5.75 Å². The average Bonchev–Trinajstić information content (AvgIpc) is 2.67. The molecule has 1 aromatic rings. The average molecular weight is 233 g/mol. The lowest BCUT2D eigenvalue weighted by Crippen LogP contribution is -2.31. The summed E-state index contributed by atoms with van der Waals surface area (Å²) in [5.74, 6) is 0.872. The van der Waals surface area contributed by atoms with Gasteiger partial charge >= 0.3 is 0 Å². The molecule has 0 N–H and O–H groups in total. The lowest BCUT2D eigenvalue weighted by atomic mass is 10.2. The molecule has 3 nitrogen and oxygen atoms in total. The second kappa shape index (κ2) is 5.71. The van der Waals surface area contributed by atoms with Crippen LogP contribution in [0.4, 0.5) is 0 Å². The summed E-state index contributed by atoms with van der Waals surface area (Å²) in [6, 6.07) is 7.39. The first-order valence-electron chi connectivity index (χ1n) is 6.24. The summed E-state index contributed by atoms with van der Waals surface area (Å²) in [7, 11) is 1.62. The number of hydrogen-bond donors (Lipinski definition) is 0. The highest BCUT2D eigenvalue weighted by molar-refractivity contribution is 5.94. The SMILES string of the molecule is COc1cccc(C(=O)N2CCCCCC2)c1. The Balaban J connectivity index is 2.11. The van der Waals surface area contributed by atoms with Crippen molar-refractivity contribution in [2.45, 2.75) is 25.7 Å². The van der Waals surface area contributed by atoms with E-state index in [4.69, 9.17) is 4.74 Å². The molecule has 0 unspecified atom stereocenters. The van der Waals surface area contributed by atoms with Crippen molar-refractivity contribution in [3.05, 3.63) is 29.8 Å². The van der Waals surface area contributed by atoms with Crippen LogP contribution in [0.1, 0.15) is 36.0 Å². The number of hydrogen-bond acceptors (Lipinski definition) is 2. The normalized spacial score (nSPS) is 16.4. The monoisotopic (exact) mass is 233 g/mol. The number of carbonyl (C=O) groups excluding carboxylic acids is 1. The number of carbonyl (C=O) groups is 1. The van der Waals surface area contributed by atoms with E-state index in [1.54, 1.807) is 7.11 Å². The number of methoxy groups -OCH3 is 1. The third-order valence-electron chi connectivity index (χ3n) is 3.21. The van der Waals surface area contributed by atoms with Gasteiger partial charge in [-0.3, -0.25) is 4.79 Å². The van der Waals surface area contributed by atoms with Crippen LogP contribution in [0.5, 0.6) is 5.75 Å². The second-order valence-electron chi connectivity index (χ2n) is 4.44. The minimum absolute atomic E-state index is 0.130. The molecular formula is C14H19NO2. The zero-order valence-corrected chi connectivity index (χ0v) is 10.3. The molecule has 0 aliphatic carbocycles. The minimum atomic E-state index is 0.130. The third kappa shape index (κ3) is 2.99. The molecule has 2 rings (SSSR count). The Labute approximate surface area is 102 Å². The Morgan fingerprint density at radius 3 is 2.53 bits per heavy atom. The number of likely N-dealkylation sites (tertiary alicyclic amines) is 1. The van der Waals surface area contributed by atoms with E-state index in [-0.39, 0.29) is 5.91 Å². The van der Waals surface area contributed by atoms with Gasteiger partial charge < -0.3 is 9.64 Å². The minimum Gasteiger partial charge on any atom is -0.497 e. The maximum Gasteiger partial charge on any atom is 0.253 e. The summed E-state index contributed by atoms with van der Waals surface area (Å²) in [6.07, 6.45) is 4.72. The van der Waals surface area contributed by atoms with Crippen LogP contribution in [-0.2, 0) is 0 Å². The fourth-order valence-corrected chi connectivity index (χ4v) is 2.21. The van der Waals surface area contributed by atoms with E-state index in [1.165, 1.54) is 12.8 Å². The van der Waals surface area contributed by atoms with Crippen molar-refractivity contribution in [1.82, 2.24) is 4.90 Å². The largest absolute Gasteiger partial charge is 0.497 e. The Bertz CT molecular complexity index is 382. The summed E-state index contributed by atoms with van der Waals surface area (Å²) in [4.78, 5) is 14.3. The zero-order chi connectivity index (χ0) is 12.1. The fraction of sp³-hybridized carbons (Fsp3) is 0.500. The number of amides is 1. The predicted molar refractivity (Wildman–Crippen MR) is 67.4 cm³/mol. The van der Waals surface area contributed by atoms with Crippen LogP contribution < -0.4 is 4.74 Å². The number of ether oxygens (including phenoxy) is 1. The van der Waals surface area contributed by atoms with Crippen LogP contribution in [-0.4, -0.2) is 31.0 Å². The van der Waals surface area contributed by atoms with Gasteiger partial charge in [-0.2, -0.15) is 0 Å². The smallest absolute Gasteiger partial charge is 0.253 e.